The molecule has 0 aliphatic carbocycles. The highest BCUT2D eigenvalue weighted by Gasteiger charge is 2.46. The topological polar surface area (TPSA) is 66.8 Å². The van der Waals surface area contributed by atoms with Crippen LogP contribution in [0.25, 0.3) is 16.5 Å². The van der Waals surface area contributed by atoms with Crippen LogP contribution in [0.15, 0.2) is 66.2 Å². The predicted octanol–water partition coefficient (Wildman–Crippen LogP) is 5.51. The molecule has 1 amide bonds. The highest BCUT2D eigenvalue weighted by molar-refractivity contribution is 6.46. The van der Waals surface area contributed by atoms with E-state index in [1.165, 1.54) is 4.90 Å². The molecular formula is C29H31NO4. The number of Topliss-reactive ketones (excluding diaryl/α,β-unsaturated/α-hetero) is 1. The van der Waals surface area contributed by atoms with Crippen molar-refractivity contribution in [2.75, 3.05) is 20.3 Å². The lowest BCUT2D eigenvalue weighted by atomic mass is 9.84. The standard InChI is InChI=1S/C29H31NO4/c1-18-13-14-20(29(2,3)4)17-23(18)26(31)24-25(30(15-16-34-5)28(33)27(24)32)22-12-8-10-19-9-6-7-11-21(19)22/h6-14,17,25,31H,15-16H2,1-5H3/b26-24+. The number of hydrogen-bond donors (Lipinski definition) is 1. The maximum atomic E-state index is 13.4. The molecule has 3 aromatic rings. The number of aryl methyl sites for hydroxylation is 1. The number of aliphatic hydroxyl groups is 1. The molecular weight excluding hydrogens is 426 g/mol. The van der Waals surface area contributed by atoms with Crippen molar-refractivity contribution in [3.63, 3.8) is 0 Å². The van der Waals surface area contributed by atoms with Gasteiger partial charge in [-0.1, -0.05) is 75.4 Å². The smallest absolute Gasteiger partial charge is 0.295 e. The van der Waals surface area contributed by atoms with Crippen molar-refractivity contribution < 1.29 is 19.4 Å². The summed E-state index contributed by atoms with van der Waals surface area (Å²) >= 11 is 0. The molecule has 3 aromatic carbocycles. The van der Waals surface area contributed by atoms with Crippen molar-refractivity contribution in [3.05, 3.63) is 88.5 Å². The number of rotatable bonds is 5. The van der Waals surface area contributed by atoms with Crippen LogP contribution in [-0.2, 0) is 19.7 Å². The first kappa shape index (κ1) is 23.7. The molecule has 1 heterocycles. The van der Waals surface area contributed by atoms with E-state index in [9.17, 15) is 14.7 Å². The highest BCUT2D eigenvalue weighted by atomic mass is 16.5. The summed E-state index contributed by atoms with van der Waals surface area (Å²) in [5, 5.41) is 13.5. The third-order valence-electron chi connectivity index (χ3n) is 6.55. The Morgan fingerprint density at radius 1 is 1.03 bits per heavy atom. The van der Waals surface area contributed by atoms with Crippen LogP contribution in [-0.4, -0.2) is 42.0 Å². The third-order valence-corrected chi connectivity index (χ3v) is 6.55. The van der Waals surface area contributed by atoms with Gasteiger partial charge in [-0.05, 0) is 45.9 Å². The molecule has 1 aliphatic rings. The first-order valence-corrected chi connectivity index (χ1v) is 11.5. The number of carbonyl (C=O) groups is 2. The second kappa shape index (κ2) is 9.07. The number of ketones is 1. The maximum Gasteiger partial charge on any atom is 0.295 e. The zero-order valence-corrected chi connectivity index (χ0v) is 20.4. The SMILES string of the molecule is COCCN1C(=O)C(=O)/C(=C(/O)c2cc(C(C)(C)C)ccc2C)C1c1cccc2ccccc12. The van der Waals surface area contributed by atoms with Crippen molar-refractivity contribution in [2.45, 2.75) is 39.2 Å². The van der Waals surface area contributed by atoms with Crippen LogP contribution in [0.5, 0.6) is 0 Å². The van der Waals surface area contributed by atoms with Crippen LogP contribution in [0.3, 0.4) is 0 Å². The number of methoxy groups -OCH3 is 1. The molecule has 0 saturated carbocycles. The third kappa shape index (κ3) is 4.12. The number of aliphatic hydroxyl groups excluding tert-OH is 1. The molecule has 4 rings (SSSR count). The van der Waals surface area contributed by atoms with Gasteiger partial charge in [-0.15, -0.1) is 0 Å². The molecule has 0 aromatic heterocycles. The fraction of sp³-hybridized carbons (Fsp3) is 0.310. The quantitative estimate of drug-likeness (QED) is 0.311. The van der Waals surface area contributed by atoms with E-state index in [1.54, 1.807) is 7.11 Å². The molecule has 0 bridgehead atoms. The summed E-state index contributed by atoms with van der Waals surface area (Å²) in [6.45, 7) is 8.72. The van der Waals surface area contributed by atoms with E-state index in [0.29, 0.717) is 5.56 Å². The summed E-state index contributed by atoms with van der Waals surface area (Å²) in [4.78, 5) is 28.0. The Kier molecular flexibility index (Phi) is 6.32. The Morgan fingerprint density at radius 3 is 2.44 bits per heavy atom. The van der Waals surface area contributed by atoms with Crippen LogP contribution < -0.4 is 0 Å². The summed E-state index contributed by atoms with van der Waals surface area (Å²) < 4.78 is 5.23. The zero-order chi connectivity index (χ0) is 24.6. The van der Waals surface area contributed by atoms with Gasteiger partial charge in [0.05, 0.1) is 18.2 Å². The van der Waals surface area contributed by atoms with Gasteiger partial charge in [0.15, 0.2) is 0 Å². The summed E-state index contributed by atoms with van der Waals surface area (Å²) in [5.74, 6) is -1.44. The molecule has 0 spiro atoms. The van der Waals surface area contributed by atoms with Crippen molar-refractivity contribution in [2.24, 2.45) is 0 Å². The van der Waals surface area contributed by atoms with E-state index in [2.05, 4.69) is 20.8 Å². The number of benzene rings is 3. The molecule has 1 N–H and O–H groups in total. The second-order valence-electron chi connectivity index (χ2n) is 9.83. The van der Waals surface area contributed by atoms with Crippen LogP contribution >= 0.6 is 0 Å². The van der Waals surface area contributed by atoms with Crippen LogP contribution in [0.2, 0.25) is 0 Å². The van der Waals surface area contributed by atoms with Gasteiger partial charge in [0.2, 0.25) is 0 Å². The molecule has 5 nitrogen and oxygen atoms in total. The average molecular weight is 458 g/mol. The monoisotopic (exact) mass is 457 g/mol. The number of fused-ring (bicyclic) bond motifs is 1. The second-order valence-corrected chi connectivity index (χ2v) is 9.83. The fourth-order valence-corrected chi connectivity index (χ4v) is 4.60. The van der Waals surface area contributed by atoms with Crippen LogP contribution in [0.4, 0.5) is 0 Å². The first-order valence-electron chi connectivity index (χ1n) is 11.5. The molecule has 1 saturated heterocycles. The lowest BCUT2D eigenvalue weighted by Crippen LogP contribution is -2.32. The van der Waals surface area contributed by atoms with Gasteiger partial charge >= 0.3 is 0 Å². The van der Waals surface area contributed by atoms with E-state index < -0.39 is 17.7 Å². The first-order chi connectivity index (χ1) is 16.1. The summed E-state index contributed by atoms with van der Waals surface area (Å²) in [7, 11) is 1.56. The van der Waals surface area contributed by atoms with Gasteiger partial charge in [-0.2, -0.15) is 0 Å². The van der Waals surface area contributed by atoms with E-state index in [1.807, 2.05) is 67.6 Å². The average Bonchev–Trinajstić information content (AvgIpc) is 3.06. The Morgan fingerprint density at radius 2 is 1.74 bits per heavy atom. The number of amides is 1. The van der Waals surface area contributed by atoms with Gasteiger partial charge in [0.1, 0.15) is 5.76 Å². The van der Waals surface area contributed by atoms with Crippen LogP contribution in [0, 0.1) is 6.92 Å². The molecule has 0 radical (unpaired) electrons. The lowest BCUT2D eigenvalue weighted by molar-refractivity contribution is -0.140. The van der Waals surface area contributed by atoms with E-state index >= 15 is 0 Å². The molecule has 176 valence electrons. The van der Waals surface area contributed by atoms with Crippen molar-refractivity contribution >= 4 is 28.2 Å². The number of hydrogen-bond acceptors (Lipinski definition) is 4. The predicted molar refractivity (Wildman–Crippen MR) is 135 cm³/mol. The minimum absolute atomic E-state index is 0.117. The number of carbonyl (C=O) groups excluding carboxylic acids is 2. The summed E-state index contributed by atoms with van der Waals surface area (Å²) in [5.41, 5.74) is 3.23. The normalized spacial score (nSPS) is 18.1. The van der Waals surface area contributed by atoms with Gasteiger partial charge in [-0.3, -0.25) is 9.59 Å². The largest absolute Gasteiger partial charge is 0.507 e. The Bertz CT molecular complexity index is 1290. The van der Waals surface area contributed by atoms with Gasteiger partial charge in [0.25, 0.3) is 11.7 Å². The molecule has 1 atom stereocenters. The number of likely N-dealkylation sites (tertiary alicyclic amines) is 1. The summed E-state index contributed by atoms with van der Waals surface area (Å²) in [6, 6.07) is 18.9. The Hall–Kier alpha value is -3.44. The molecule has 34 heavy (non-hydrogen) atoms. The zero-order valence-electron chi connectivity index (χ0n) is 20.4. The Labute approximate surface area is 200 Å². The Balaban J connectivity index is 1.99. The minimum Gasteiger partial charge on any atom is -0.507 e. The lowest BCUT2D eigenvalue weighted by Gasteiger charge is -2.26. The van der Waals surface area contributed by atoms with E-state index in [0.717, 1.165) is 27.5 Å². The van der Waals surface area contributed by atoms with Crippen molar-refractivity contribution in [1.29, 1.82) is 0 Å². The number of ether oxygens (including phenoxy) is 1. The maximum absolute atomic E-state index is 13.4. The molecule has 1 unspecified atom stereocenters. The van der Waals surface area contributed by atoms with Crippen molar-refractivity contribution in [1.82, 2.24) is 4.90 Å². The fourth-order valence-electron chi connectivity index (χ4n) is 4.60. The minimum atomic E-state index is -0.709. The molecule has 1 fully saturated rings. The number of nitrogens with zero attached hydrogens (tertiary/aromatic N) is 1. The van der Waals surface area contributed by atoms with Gasteiger partial charge in [-0.25, -0.2) is 0 Å². The summed E-state index contributed by atoms with van der Waals surface area (Å²) in [6.07, 6.45) is 0. The van der Waals surface area contributed by atoms with Gasteiger partial charge < -0.3 is 14.7 Å². The van der Waals surface area contributed by atoms with E-state index in [4.69, 9.17) is 4.74 Å². The molecule has 5 heteroatoms. The highest BCUT2D eigenvalue weighted by Crippen LogP contribution is 2.42. The van der Waals surface area contributed by atoms with Gasteiger partial charge in [0, 0.05) is 19.2 Å². The van der Waals surface area contributed by atoms with E-state index in [-0.39, 0.29) is 29.9 Å². The van der Waals surface area contributed by atoms with Crippen molar-refractivity contribution in [3.8, 4) is 0 Å². The van der Waals surface area contributed by atoms with Crippen LogP contribution in [0.1, 0.15) is 49.1 Å². The molecule has 1 aliphatic heterocycles.